The van der Waals surface area contributed by atoms with Gasteiger partial charge in [0.1, 0.15) is 0 Å². The van der Waals surface area contributed by atoms with Gasteiger partial charge in [0.25, 0.3) is 0 Å². The molecule has 0 spiro atoms. The number of alkyl halides is 6. The molecule has 0 bridgehead atoms. The predicted molar refractivity (Wildman–Crippen MR) is 57.5 cm³/mol. The van der Waals surface area contributed by atoms with Crippen molar-refractivity contribution in [2.24, 2.45) is 0 Å². The molecule has 10 heteroatoms. The Morgan fingerprint density at radius 1 is 0.789 bits per heavy atom. The Labute approximate surface area is 127 Å². The summed E-state index contributed by atoms with van der Waals surface area (Å²) in [5.41, 5.74) is 0. The van der Waals surface area contributed by atoms with Crippen LogP contribution in [0.25, 0.3) is 0 Å². The Morgan fingerprint density at radius 3 is 1.00 bits per heavy atom. The van der Waals surface area contributed by atoms with Crippen molar-refractivity contribution >= 4 is 19.8 Å². The van der Waals surface area contributed by atoms with E-state index in [-0.39, 0.29) is 0 Å². The molecule has 0 aromatic carbocycles. The van der Waals surface area contributed by atoms with Gasteiger partial charge >= 0.3 is 58.2 Å². The normalized spacial score (nSPS) is 14.3. The van der Waals surface area contributed by atoms with Crippen molar-refractivity contribution in [2.75, 3.05) is 0 Å². The van der Waals surface area contributed by atoms with E-state index in [9.17, 15) is 30.7 Å². The topological polar surface area (TPSA) is 19.9 Å². The second-order valence-electron chi connectivity index (χ2n) is 3.08. The summed E-state index contributed by atoms with van der Waals surface area (Å²) in [7, 11) is 0. The van der Waals surface area contributed by atoms with Crippen molar-refractivity contribution in [1.29, 1.82) is 0 Å². The zero-order valence-corrected chi connectivity index (χ0v) is 13.1. The Hall–Kier alpha value is 0.603. The quantitative estimate of drug-likeness (QED) is 0.140. The van der Waals surface area contributed by atoms with Crippen LogP contribution in [0.3, 0.4) is 0 Å². The van der Waals surface area contributed by atoms with E-state index in [1.165, 1.54) is 32.1 Å². The minimum absolute atomic E-state index is 1.50. The Bertz CT molecular complexity index is 191. The van der Waals surface area contributed by atoms with E-state index in [4.69, 9.17) is 4.65 Å². The fourth-order valence-corrected chi connectivity index (χ4v) is 1.04. The van der Waals surface area contributed by atoms with Crippen LogP contribution in [0.15, 0.2) is 0 Å². The summed E-state index contributed by atoms with van der Waals surface area (Å²) in [5.74, 6) is 0. The Morgan fingerprint density at radius 2 is 0.947 bits per heavy atom. The van der Waals surface area contributed by atoms with Gasteiger partial charge in [-0.2, -0.15) is 0 Å². The molecule has 19 heavy (non-hydrogen) atoms. The molecule has 0 aromatic heterocycles. The molecule has 1 fully saturated rings. The molecule has 0 amide bonds. The van der Waals surface area contributed by atoms with Gasteiger partial charge in [-0.25, -0.2) is 26.3 Å². The van der Waals surface area contributed by atoms with Crippen molar-refractivity contribution in [3.8, 4) is 0 Å². The summed E-state index contributed by atoms with van der Waals surface area (Å²) in [6, 6.07) is 0. The summed E-state index contributed by atoms with van der Waals surface area (Å²) in [4.78, 5) is 0. The number of hydrogen-bond acceptors (Lipinski definition) is 0. The maximum absolute atomic E-state index is 11.1. The Kier molecular flexibility index (Phi) is 17.6. The molecular weight excluding hydrogens is 487 g/mol. The van der Waals surface area contributed by atoms with Gasteiger partial charge in [0.2, 0.25) is 0 Å². The van der Waals surface area contributed by atoms with Crippen LogP contribution in [0.5, 0.6) is 0 Å². The first-order chi connectivity index (χ1) is 8.65. The average Bonchev–Trinajstić information content (AvgIpc) is 2.90. The molecule has 0 aliphatic heterocycles. The van der Waals surface area contributed by atoms with Gasteiger partial charge < -0.3 is 4.39 Å². The van der Waals surface area contributed by atoms with Gasteiger partial charge in [0, 0.05) is 6.17 Å². The first-order valence-electron chi connectivity index (χ1n) is 4.65. The third kappa shape index (κ3) is 16.5. The van der Waals surface area contributed by atoms with Crippen LogP contribution in [-0.4, -0.2) is 12.4 Å². The molecule has 1 aliphatic rings. The van der Waals surface area contributed by atoms with Crippen LogP contribution in [0, 0.1) is 12.8 Å². The standard InChI is InChI=1S/C5H10.C3F7.CO.HI.Rh/c1-2-4-5-3-1;4-1(2(5,6)7)3(8,9)10;1-2;;/h1-5H2;;;1H;/q;-1;;;+3/p-1. The van der Waals surface area contributed by atoms with Gasteiger partial charge in [-0.15, -0.1) is 0 Å². The molecule has 1 nitrogen and oxygen atoms in total. The van der Waals surface area contributed by atoms with Gasteiger partial charge in [0.05, 0.1) is 0 Å². The zero-order chi connectivity index (χ0) is 16.1. The third-order valence-electron chi connectivity index (χ3n) is 1.75. The summed E-state index contributed by atoms with van der Waals surface area (Å²) in [5, 5.41) is 0. The van der Waals surface area contributed by atoms with Crippen LogP contribution < -0.4 is 0 Å². The van der Waals surface area contributed by atoms with Gasteiger partial charge in [0.15, 0.2) is 0 Å². The van der Waals surface area contributed by atoms with E-state index >= 15 is 0 Å². The van der Waals surface area contributed by atoms with E-state index in [1.807, 2.05) is 19.8 Å². The van der Waals surface area contributed by atoms with Crippen molar-refractivity contribution in [3.63, 3.8) is 0 Å². The monoisotopic (exact) mass is 497 g/mol. The predicted octanol–water partition coefficient (Wildman–Crippen LogP) is 5.41. The second-order valence-corrected chi connectivity index (χ2v) is 3.08. The van der Waals surface area contributed by atoms with Crippen molar-refractivity contribution in [2.45, 2.75) is 44.5 Å². The van der Waals surface area contributed by atoms with E-state index in [1.54, 1.807) is 0 Å². The molecule has 0 unspecified atom stereocenters. The molecular formula is C9H10F7IORh+. The van der Waals surface area contributed by atoms with Crippen LogP contribution >= 0.6 is 19.8 Å². The van der Waals surface area contributed by atoms with Gasteiger partial charge in [-0.05, 0) is 0 Å². The SMILES string of the molecule is C1CCCC1.F[C-](C(F)(F)F)C(F)(F)F.[C-]#[O+].[Rh+2][I]. The second kappa shape index (κ2) is 13.6. The third-order valence-corrected chi connectivity index (χ3v) is 1.75. The molecule has 1 rings (SSSR count). The van der Waals surface area contributed by atoms with E-state index in [2.05, 4.69) is 21.4 Å². The first-order valence-corrected chi connectivity index (χ1v) is 9.53. The number of halogens is 8. The molecule has 0 N–H and O–H groups in total. The van der Waals surface area contributed by atoms with Gasteiger partial charge in [-0.1, -0.05) is 32.1 Å². The summed E-state index contributed by atoms with van der Waals surface area (Å²) >= 11 is 4.56. The van der Waals surface area contributed by atoms with Crippen molar-refractivity contribution < 1.29 is 50.2 Å². The molecule has 0 atom stereocenters. The van der Waals surface area contributed by atoms with Gasteiger partial charge in [-0.3, -0.25) is 0 Å². The van der Waals surface area contributed by atoms with E-state index in [0.29, 0.717) is 0 Å². The molecule has 116 valence electrons. The van der Waals surface area contributed by atoms with Crippen molar-refractivity contribution in [3.05, 3.63) is 12.8 Å². The summed E-state index contributed by atoms with van der Waals surface area (Å²) in [6.07, 6.45) is -8.30. The molecule has 0 saturated heterocycles. The minimum atomic E-state index is -5.93. The molecule has 1 saturated carbocycles. The van der Waals surface area contributed by atoms with E-state index < -0.39 is 18.5 Å². The summed E-state index contributed by atoms with van der Waals surface area (Å²) < 4.78 is 83.5. The average molecular weight is 497 g/mol. The molecule has 1 aliphatic carbocycles. The number of rotatable bonds is 0. The number of hydrogen-bond donors (Lipinski definition) is 0. The summed E-state index contributed by atoms with van der Waals surface area (Å²) in [6.45, 7) is 4.50. The first kappa shape index (κ1) is 24.6. The zero-order valence-electron chi connectivity index (χ0n) is 9.30. The molecule has 0 heterocycles. The van der Waals surface area contributed by atoms with Crippen LogP contribution in [0.1, 0.15) is 32.1 Å². The Balaban J connectivity index is -0.000000236. The van der Waals surface area contributed by atoms with Crippen LogP contribution in [-0.2, 0) is 19.4 Å². The molecule has 0 radical (unpaired) electrons. The maximum atomic E-state index is 11.1. The molecule has 0 aromatic rings. The van der Waals surface area contributed by atoms with Crippen LogP contribution in [0.2, 0.25) is 0 Å². The van der Waals surface area contributed by atoms with E-state index in [0.717, 1.165) is 0 Å². The van der Waals surface area contributed by atoms with Crippen LogP contribution in [0.4, 0.5) is 30.7 Å². The van der Waals surface area contributed by atoms with Crippen molar-refractivity contribution in [1.82, 2.24) is 0 Å². The fourth-order valence-electron chi connectivity index (χ4n) is 1.04. The fraction of sp³-hybridized carbons (Fsp3) is 0.778.